The molecule has 22 heavy (non-hydrogen) atoms. The fourth-order valence-electron chi connectivity index (χ4n) is 2.35. The van der Waals surface area contributed by atoms with E-state index in [9.17, 15) is 9.59 Å². The molecular formula is C16H22N2O4. The second-order valence-electron chi connectivity index (χ2n) is 5.20. The topological polar surface area (TPSA) is 76.7 Å². The van der Waals surface area contributed by atoms with Gasteiger partial charge in [-0.1, -0.05) is 18.2 Å². The normalized spacial score (nSPS) is 17.0. The number of rotatable bonds is 7. The van der Waals surface area contributed by atoms with Crippen molar-refractivity contribution in [3.8, 4) is 5.75 Å². The van der Waals surface area contributed by atoms with Crippen LogP contribution < -0.4 is 15.4 Å². The van der Waals surface area contributed by atoms with Gasteiger partial charge in [-0.05, 0) is 18.9 Å². The minimum absolute atomic E-state index is 0.0839. The van der Waals surface area contributed by atoms with Crippen molar-refractivity contribution >= 4 is 11.8 Å². The number of amides is 2. The van der Waals surface area contributed by atoms with E-state index < -0.39 is 0 Å². The number of hydrogen-bond acceptors (Lipinski definition) is 4. The number of benzene rings is 1. The number of carbonyl (C=O) groups excluding carboxylic acids is 2. The minimum atomic E-state index is -0.309. The van der Waals surface area contributed by atoms with Gasteiger partial charge in [0.25, 0.3) is 0 Å². The summed E-state index contributed by atoms with van der Waals surface area (Å²) < 4.78 is 10.6. The molecule has 2 amide bonds. The Hall–Kier alpha value is -2.08. The number of ether oxygens (including phenoxy) is 2. The maximum Gasteiger partial charge on any atom is 0.229 e. The quantitative estimate of drug-likeness (QED) is 0.737. The SMILES string of the molecule is COc1ccccc1CNC(=O)CC(=O)NCC1CCCO1. The Labute approximate surface area is 130 Å². The van der Waals surface area contributed by atoms with E-state index in [4.69, 9.17) is 9.47 Å². The maximum atomic E-state index is 11.8. The van der Waals surface area contributed by atoms with Gasteiger partial charge < -0.3 is 20.1 Å². The lowest BCUT2D eigenvalue weighted by atomic mass is 10.2. The molecule has 1 fully saturated rings. The summed E-state index contributed by atoms with van der Waals surface area (Å²) in [7, 11) is 1.58. The van der Waals surface area contributed by atoms with Gasteiger partial charge in [-0.2, -0.15) is 0 Å². The van der Waals surface area contributed by atoms with Gasteiger partial charge in [0.1, 0.15) is 12.2 Å². The molecule has 0 bridgehead atoms. The number of carbonyl (C=O) groups is 2. The standard InChI is InChI=1S/C16H22N2O4/c1-21-14-7-3-2-5-12(14)10-17-15(19)9-16(20)18-11-13-6-4-8-22-13/h2-3,5,7,13H,4,6,8-11H2,1H3,(H,17,19)(H,18,20). The van der Waals surface area contributed by atoms with E-state index in [0.717, 1.165) is 25.0 Å². The van der Waals surface area contributed by atoms with Crippen molar-refractivity contribution in [3.05, 3.63) is 29.8 Å². The van der Waals surface area contributed by atoms with Crippen molar-refractivity contribution in [1.82, 2.24) is 10.6 Å². The molecule has 2 rings (SSSR count). The Morgan fingerprint density at radius 1 is 1.27 bits per heavy atom. The van der Waals surface area contributed by atoms with Crippen molar-refractivity contribution in [3.63, 3.8) is 0 Å². The lowest BCUT2D eigenvalue weighted by molar-refractivity contribution is -0.129. The van der Waals surface area contributed by atoms with E-state index >= 15 is 0 Å². The van der Waals surface area contributed by atoms with Crippen LogP contribution in [0.15, 0.2) is 24.3 Å². The Kier molecular flexibility index (Phi) is 6.21. The first kappa shape index (κ1) is 16.3. The van der Waals surface area contributed by atoms with Crippen molar-refractivity contribution in [2.45, 2.75) is 31.9 Å². The van der Waals surface area contributed by atoms with Crippen LogP contribution in [-0.2, 0) is 20.9 Å². The highest BCUT2D eigenvalue weighted by atomic mass is 16.5. The summed E-state index contributed by atoms with van der Waals surface area (Å²) in [6.45, 7) is 1.56. The van der Waals surface area contributed by atoms with Gasteiger partial charge in [-0.3, -0.25) is 9.59 Å². The average molecular weight is 306 g/mol. The van der Waals surface area contributed by atoms with Gasteiger partial charge in [0.05, 0.1) is 13.2 Å². The monoisotopic (exact) mass is 306 g/mol. The first-order valence-electron chi connectivity index (χ1n) is 7.46. The van der Waals surface area contributed by atoms with Gasteiger partial charge in [0.2, 0.25) is 11.8 Å². The van der Waals surface area contributed by atoms with Crippen LogP contribution >= 0.6 is 0 Å². The van der Waals surface area contributed by atoms with Crippen LogP contribution in [-0.4, -0.2) is 38.2 Å². The number of hydrogen-bond donors (Lipinski definition) is 2. The summed E-state index contributed by atoms with van der Waals surface area (Å²) in [5.41, 5.74) is 0.873. The average Bonchev–Trinajstić information content (AvgIpc) is 3.04. The van der Waals surface area contributed by atoms with Crippen LogP contribution in [0.25, 0.3) is 0 Å². The van der Waals surface area contributed by atoms with Gasteiger partial charge in [-0.25, -0.2) is 0 Å². The van der Waals surface area contributed by atoms with Crippen LogP contribution in [0.2, 0.25) is 0 Å². The second-order valence-corrected chi connectivity index (χ2v) is 5.20. The molecule has 1 aromatic carbocycles. The lowest BCUT2D eigenvalue weighted by Gasteiger charge is -2.11. The molecular weight excluding hydrogens is 284 g/mol. The summed E-state index contributed by atoms with van der Waals surface area (Å²) in [5.74, 6) is 0.120. The van der Waals surface area contributed by atoms with E-state index in [1.54, 1.807) is 7.11 Å². The molecule has 2 N–H and O–H groups in total. The molecule has 6 heteroatoms. The Morgan fingerprint density at radius 3 is 2.77 bits per heavy atom. The van der Waals surface area contributed by atoms with Crippen molar-refractivity contribution in [2.75, 3.05) is 20.3 Å². The van der Waals surface area contributed by atoms with Crippen molar-refractivity contribution < 1.29 is 19.1 Å². The molecule has 0 aliphatic carbocycles. The summed E-state index contributed by atoms with van der Waals surface area (Å²) in [6, 6.07) is 7.44. The third kappa shape index (κ3) is 5.04. The molecule has 0 saturated carbocycles. The molecule has 1 aliphatic rings. The van der Waals surface area contributed by atoms with Gasteiger partial charge in [-0.15, -0.1) is 0 Å². The molecule has 1 atom stereocenters. The molecule has 0 radical (unpaired) electrons. The van der Waals surface area contributed by atoms with Crippen LogP contribution in [0, 0.1) is 0 Å². The molecule has 1 saturated heterocycles. The zero-order chi connectivity index (χ0) is 15.8. The zero-order valence-electron chi connectivity index (χ0n) is 12.8. The Balaban J connectivity index is 1.69. The number of para-hydroxylation sites is 1. The Morgan fingerprint density at radius 2 is 2.05 bits per heavy atom. The van der Waals surface area contributed by atoms with Crippen molar-refractivity contribution in [1.29, 1.82) is 0 Å². The zero-order valence-corrected chi connectivity index (χ0v) is 12.8. The van der Waals surface area contributed by atoms with Gasteiger partial charge >= 0.3 is 0 Å². The van der Waals surface area contributed by atoms with E-state index in [0.29, 0.717) is 18.8 Å². The smallest absolute Gasteiger partial charge is 0.229 e. The summed E-state index contributed by atoms with van der Waals surface area (Å²) in [5, 5.41) is 5.45. The minimum Gasteiger partial charge on any atom is -0.496 e. The van der Waals surface area contributed by atoms with E-state index in [1.165, 1.54) is 0 Å². The highest BCUT2D eigenvalue weighted by Crippen LogP contribution is 2.16. The largest absolute Gasteiger partial charge is 0.496 e. The highest BCUT2D eigenvalue weighted by Gasteiger charge is 2.17. The molecule has 120 valence electrons. The summed E-state index contributed by atoms with van der Waals surface area (Å²) in [6.07, 6.45) is 1.89. The number of nitrogens with one attached hydrogen (secondary N) is 2. The van der Waals surface area contributed by atoms with E-state index in [-0.39, 0.29) is 24.3 Å². The lowest BCUT2D eigenvalue weighted by Crippen LogP contribution is -2.35. The third-order valence-electron chi connectivity index (χ3n) is 3.54. The summed E-state index contributed by atoms with van der Waals surface area (Å²) >= 11 is 0. The molecule has 0 spiro atoms. The van der Waals surface area contributed by atoms with E-state index in [2.05, 4.69) is 10.6 Å². The summed E-state index contributed by atoms with van der Waals surface area (Å²) in [4.78, 5) is 23.5. The van der Waals surface area contributed by atoms with Gasteiger partial charge in [0.15, 0.2) is 0 Å². The molecule has 1 unspecified atom stereocenters. The van der Waals surface area contributed by atoms with Crippen molar-refractivity contribution in [2.24, 2.45) is 0 Å². The first-order chi connectivity index (χ1) is 10.7. The molecule has 1 heterocycles. The molecule has 0 aromatic heterocycles. The first-order valence-corrected chi connectivity index (χ1v) is 7.46. The fourth-order valence-corrected chi connectivity index (χ4v) is 2.35. The highest BCUT2D eigenvalue weighted by molar-refractivity contribution is 5.96. The maximum absolute atomic E-state index is 11.8. The van der Waals surface area contributed by atoms with E-state index in [1.807, 2.05) is 24.3 Å². The Bertz CT molecular complexity index is 513. The van der Waals surface area contributed by atoms with Crippen LogP contribution in [0.4, 0.5) is 0 Å². The molecule has 1 aliphatic heterocycles. The van der Waals surface area contributed by atoms with Crippen LogP contribution in [0.3, 0.4) is 0 Å². The third-order valence-corrected chi connectivity index (χ3v) is 3.54. The molecule has 1 aromatic rings. The fraction of sp³-hybridized carbons (Fsp3) is 0.500. The molecule has 6 nitrogen and oxygen atoms in total. The van der Waals surface area contributed by atoms with Crippen LogP contribution in [0.5, 0.6) is 5.75 Å². The van der Waals surface area contributed by atoms with Gasteiger partial charge in [0, 0.05) is 25.3 Å². The predicted molar refractivity (Wildman–Crippen MR) is 81.4 cm³/mol. The second kappa shape index (κ2) is 8.38. The van der Waals surface area contributed by atoms with Crippen LogP contribution in [0.1, 0.15) is 24.8 Å². The number of methoxy groups -OCH3 is 1. The predicted octanol–water partition coefficient (Wildman–Crippen LogP) is 0.997.